The van der Waals surface area contributed by atoms with Crippen molar-refractivity contribution in [1.82, 2.24) is 9.80 Å². The predicted molar refractivity (Wildman–Crippen MR) is 96.8 cm³/mol. The fourth-order valence-corrected chi connectivity index (χ4v) is 5.14. The first-order chi connectivity index (χ1) is 11.8. The molecule has 3 heteroatoms. The van der Waals surface area contributed by atoms with Crippen LogP contribution >= 0.6 is 0 Å². The van der Waals surface area contributed by atoms with Crippen LogP contribution in [-0.2, 0) is 11.2 Å². The molecule has 2 aliphatic heterocycles. The molecular formula is C21H30N2O. The van der Waals surface area contributed by atoms with Crippen molar-refractivity contribution in [3.8, 4) is 0 Å². The molecule has 3 fully saturated rings. The lowest BCUT2D eigenvalue weighted by Gasteiger charge is -2.40. The standard InChI is InChI=1S/C21H30N2O/c24-20-21(13-16-23(17-21)19-9-4-5-10-19)12-6-14-22(20)15-11-18-7-2-1-3-8-18/h1-3,7-8,19H,4-6,9-17H2/t21-/m0/s1. The van der Waals surface area contributed by atoms with Crippen molar-refractivity contribution in [2.45, 2.75) is 57.4 Å². The largest absolute Gasteiger partial charge is 0.342 e. The minimum absolute atomic E-state index is 0.0580. The number of hydrogen-bond donors (Lipinski definition) is 0. The van der Waals surface area contributed by atoms with Crippen LogP contribution in [0.25, 0.3) is 0 Å². The summed E-state index contributed by atoms with van der Waals surface area (Å²) in [5.41, 5.74) is 1.28. The van der Waals surface area contributed by atoms with Crippen LogP contribution in [0.15, 0.2) is 30.3 Å². The van der Waals surface area contributed by atoms with Crippen molar-refractivity contribution in [3.05, 3.63) is 35.9 Å². The van der Waals surface area contributed by atoms with Crippen molar-refractivity contribution in [2.75, 3.05) is 26.2 Å². The van der Waals surface area contributed by atoms with Crippen LogP contribution in [0.1, 0.15) is 50.5 Å². The summed E-state index contributed by atoms with van der Waals surface area (Å²) in [6.07, 6.45) is 9.82. The molecule has 0 aromatic heterocycles. The van der Waals surface area contributed by atoms with Crippen LogP contribution in [0, 0.1) is 5.41 Å². The van der Waals surface area contributed by atoms with E-state index in [1.54, 1.807) is 0 Å². The number of carbonyl (C=O) groups excluding carboxylic acids is 1. The predicted octanol–water partition coefficient (Wildman–Crippen LogP) is 3.49. The number of benzene rings is 1. The van der Waals surface area contributed by atoms with Gasteiger partial charge in [0.05, 0.1) is 5.41 Å². The molecule has 0 unspecified atom stereocenters. The zero-order valence-electron chi connectivity index (χ0n) is 14.8. The summed E-state index contributed by atoms with van der Waals surface area (Å²) in [6, 6.07) is 11.3. The highest BCUT2D eigenvalue weighted by Gasteiger charge is 2.49. The number of rotatable bonds is 4. The molecule has 2 heterocycles. The van der Waals surface area contributed by atoms with Crippen LogP contribution in [0.4, 0.5) is 0 Å². The maximum absolute atomic E-state index is 13.2. The Kier molecular flexibility index (Phi) is 4.62. The van der Waals surface area contributed by atoms with E-state index in [-0.39, 0.29) is 5.41 Å². The van der Waals surface area contributed by atoms with Gasteiger partial charge in [0.1, 0.15) is 0 Å². The van der Waals surface area contributed by atoms with Gasteiger partial charge >= 0.3 is 0 Å². The molecule has 1 atom stereocenters. The lowest BCUT2D eigenvalue weighted by molar-refractivity contribution is -0.145. The maximum atomic E-state index is 13.2. The normalized spacial score (nSPS) is 29.0. The van der Waals surface area contributed by atoms with Crippen LogP contribution < -0.4 is 0 Å². The Labute approximate surface area is 146 Å². The third-order valence-corrected chi connectivity index (χ3v) is 6.56. The molecule has 3 aliphatic rings. The SMILES string of the molecule is O=C1N(CCc2ccccc2)CCC[C@@]12CCN(C1CCCC1)C2. The second-order valence-corrected chi connectivity index (χ2v) is 8.07. The van der Waals surface area contributed by atoms with Gasteiger partial charge in [0.25, 0.3) is 0 Å². The van der Waals surface area contributed by atoms with E-state index < -0.39 is 0 Å². The number of carbonyl (C=O) groups is 1. The summed E-state index contributed by atoms with van der Waals surface area (Å²) >= 11 is 0. The third kappa shape index (κ3) is 3.11. The topological polar surface area (TPSA) is 23.6 Å². The van der Waals surface area contributed by atoms with Crippen molar-refractivity contribution in [2.24, 2.45) is 5.41 Å². The van der Waals surface area contributed by atoms with E-state index in [1.165, 1.54) is 37.7 Å². The van der Waals surface area contributed by atoms with Gasteiger partial charge in [0.15, 0.2) is 0 Å². The summed E-state index contributed by atoms with van der Waals surface area (Å²) < 4.78 is 0. The fraction of sp³-hybridized carbons (Fsp3) is 0.667. The number of nitrogens with zero attached hydrogens (tertiary/aromatic N) is 2. The Bertz CT molecular complexity index is 566. The van der Waals surface area contributed by atoms with Gasteiger partial charge in [0.2, 0.25) is 5.91 Å². The average molecular weight is 326 g/mol. The van der Waals surface area contributed by atoms with Gasteiger partial charge in [0, 0.05) is 25.7 Å². The summed E-state index contributed by atoms with van der Waals surface area (Å²) in [4.78, 5) is 18.0. The second-order valence-electron chi connectivity index (χ2n) is 8.07. The Morgan fingerprint density at radius 1 is 1.00 bits per heavy atom. The molecule has 2 saturated heterocycles. The van der Waals surface area contributed by atoms with Crippen molar-refractivity contribution < 1.29 is 4.79 Å². The van der Waals surface area contributed by atoms with Crippen LogP contribution in [0.2, 0.25) is 0 Å². The van der Waals surface area contributed by atoms with Crippen LogP contribution in [0.3, 0.4) is 0 Å². The van der Waals surface area contributed by atoms with E-state index in [0.29, 0.717) is 5.91 Å². The summed E-state index contributed by atoms with van der Waals surface area (Å²) in [6.45, 7) is 4.01. The van der Waals surface area contributed by atoms with Crippen LogP contribution in [-0.4, -0.2) is 47.9 Å². The molecule has 0 radical (unpaired) electrons. The molecule has 1 spiro atoms. The Hall–Kier alpha value is -1.35. The number of likely N-dealkylation sites (tertiary alicyclic amines) is 2. The second kappa shape index (κ2) is 6.87. The summed E-state index contributed by atoms with van der Waals surface area (Å²) in [7, 11) is 0. The van der Waals surface area contributed by atoms with Gasteiger partial charge in [-0.15, -0.1) is 0 Å². The smallest absolute Gasteiger partial charge is 0.230 e. The number of amides is 1. The first-order valence-corrected chi connectivity index (χ1v) is 9.84. The van der Waals surface area contributed by atoms with E-state index >= 15 is 0 Å². The van der Waals surface area contributed by atoms with Crippen molar-refractivity contribution >= 4 is 5.91 Å². The molecule has 0 N–H and O–H groups in total. The molecular weight excluding hydrogens is 296 g/mol. The van der Waals surface area contributed by atoms with Gasteiger partial charge < -0.3 is 4.90 Å². The summed E-state index contributed by atoms with van der Waals surface area (Å²) in [5.74, 6) is 0.449. The van der Waals surface area contributed by atoms with Crippen molar-refractivity contribution in [3.63, 3.8) is 0 Å². The van der Waals surface area contributed by atoms with Crippen molar-refractivity contribution in [1.29, 1.82) is 0 Å². The highest BCUT2D eigenvalue weighted by Crippen LogP contribution is 2.42. The Morgan fingerprint density at radius 3 is 2.58 bits per heavy atom. The monoisotopic (exact) mass is 326 g/mol. The maximum Gasteiger partial charge on any atom is 0.230 e. The first-order valence-electron chi connectivity index (χ1n) is 9.84. The van der Waals surface area contributed by atoms with Gasteiger partial charge in [-0.05, 0) is 50.6 Å². The third-order valence-electron chi connectivity index (χ3n) is 6.56. The fourth-order valence-electron chi connectivity index (χ4n) is 5.14. The average Bonchev–Trinajstić information content (AvgIpc) is 3.28. The van der Waals surface area contributed by atoms with E-state index in [2.05, 4.69) is 40.1 Å². The first kappa shape index (κ1) is 16.1. The van der Waals surface area contributed by atoms with E-state index in [1.807, 2.05) is 0 Å². The molecule has 1 aromatic rings. The highest BCUT2D eigenvalue weighted by atomic mass is 16.2. The Morgan fingerprint density at radius 2 is 1.79 bits per heavy atom. The molecule has 1 aromatic carbocycles. The highest BCUT2D eigenvalue weighted by molar-refractivity contribution is 5.84. The van der Waals surface area contributed by atoms with E-state index in [0.717, 1.165) is 51.5 Å². The van der Waals surface area contributed by atoms with Gasteiger partial charge in [-0.1, -0.05) is 43.2 Å². The zero-order chi connectivity index (χ0) is 16.4. The van der Waals surface area contributed by atoms with Crippen LogP contribution in [0.5, 0.6) is 0 Å². The lowest BCUT2D eigenvalue weighted by atomic mass is 9.78. The quantitative estimate of drug-likeness (QED) is 0.845. The lowest BCUT2D eigenvalue weighted by Crippen LogP contribution is -2.51. The summed E-state index contributed by atoms with van der Waals surface area (Å²) in [5, 5.41) is 0. The molecule has 24 heavy (non-hydrogen) atoms. The zero-order valence-corrected chi connectivity index (χ0v) is 14.8. The van der Waals surface area contributed by atoms with E-state index in [4.69, 9.17) is 0 Å². The minimum atomic E-state index is -0.0580. The van der Waals surface area contributed by atoms with E-state index in [9.17, 15) is 4.79 Å². The molecule has 1 amide bonds. The molecule has 3 nitrogen and oxygen atoms in total. The van der Waals surface area contributed by atoms with Gasteiger partial charge in [-0.3, -0.25) is 9.69 Å². The Balaban J connectivity index is 1.39. The molecule has 1 saturated carbocycles. The molecule has 0 bridgehead atoms. The van der Waals surface area contributed by atoms with Gasteiger partial charge in [-0.25, -0.2) is 0 Å². The molecule has 130 valence electrons. The number of hydrogen-bond acceptors (Lipinski definition) is 2. The van der Waals surface area contributed by atoms with Gasteiger partial charge in [-0.2, -0.15) is 0 Å². The molecule has 4 rings (SSSR count). The number of piperidine rings is 1. The minimum Gasteiger partial charge on any atom is -0.342 e. The molecule has 1 aliphatic carbocycles.